The fourth-order valence-corrected chi connectivity index (χ4v) is 4.25. The normalized spacial score (nSPS) is 13.8. The number of esters is 1. The Hall–Kier alpha value is -4.13. The SMILES string of the molecule is CC(=O)OCc1nc(-c2cc(C(=O)N3CC(c4ccc(C#N)cc4)C3)c(C)cc2C)c(C(F)(F)F)[nH]1. The second kappa shape index (κ2) is 9.49. The fraction of sp³-hybridized carbons (Fsp3) is 0.308. The number of alkyl halides is 3. The molecule has 0 spiro atoms. The summed E-state index contributed by atoms with van der Waals surface area (Å²) in [5, 5.41) is 8.95. The van der Waals surface area contributed by atoms with E-state index in [-0.39, 0.29) is 28.9 Å². The maximum absolute atomic E-state index is 13.8. The van der Waals surface area contributed by atoms with Crippen LogP contribution in [0.25, 0.3) is 11.3 Å². The summed E-state index contributed by atoms with van der Waals surface area (Å²) < 4.78 is 46.2. The van der Waals surface area contributed by atoms with Gasteiger partial charge in [-0.2, -0.15) is 18.4 Å². The lowest BCUT2D eigenvalue weighted by Gasteiger charge is -2.40. The van der Waals surface area contributed by atoms with Gasteiger partial charge in [0, 0.05) is 37.1 Å². The largest absolute Gasteiger partial charge is 0.458 e. The summed E-state index contributed by atoms with van der Waals surface area (Å²) in [5.74, 6) is -0.940. The molecule has 7 nitrogen and oxygen atoms in total. The number of aryl methyl sites for hydroxylation is 2. The van der Waals surface area contributed by atoms with Crippen molar-refractivity contribution in [3.63, 3.8) is 0 Å². The Balaban J connectivity index is 1.61. The van der Waals surface area contributed by atoms with E-state index >= 15 is 0 Å². The molecular weight excluding hydrogens is 473 g/mol. The predicted octanol–water partition coefficient (Wildman–Crippen LogP) is 4.89. The molecule has 0 unspecified atom stereocenters. The third-order valence-corrected chi connectivity index (χ3v) is 6.19. The summed E-state index contributed by atoms with van der Waals surface area (Å²) in [5.41, 5.74) is 1.80. The zero-order valence-corrected chi connectivity index (χ0v) is 19.9. The van der Waals surface area contributed by atoms with Gasteiger partial charge in [-0.05, 0) is 48.7 Å². The molecule has 2 aromatic carbocycles. The molecule has 0 aliphatic carbocycles. The summed E-state index contributed by atoms with van der Waals surface area (Å²) in [6, 6.07) is 12.4. The Morgan fingerprint density at radius 1 is 1.17 bits per heavy atom. The minimum absolute atomic E-state index is 0.124. The standard InChI is InChI=1S/C26H23F3N4O3/c1-14-8-15(2)21(25(35)33-11-19(12-33)18-6-4-17(10-30)5-7-18)9-20(14)23-24(26(27,28)29)32-22(31-23)13-36-16(3)34/h4-9,19H,11-13H2,1-3H3,(H,31,32). The summed E-state index contributed by atoms with van der Waals surface area (Å²) in [6.45, 7) is 5.05. The first kappa shape index (κ1) is 25.0. The number of likely N-dealkylation sites (tertiary alicyclic amines) is 1. The number of nitrogens with zero attached hydrogens (tertiary/aromatic N) is 3. The molecule has 0 radical (unpaired) electrons. The van der Waals surface area contributed by atoms with Crippen molar-refractivity contribution >= 4 is 11.9 Å². The molecule has 186 valence electrons. The van der Waals surface area contributed by atoms with Gasteiger partial charge in [0.15, 0.2) is 0 Å². The number of halogens is 3. The van der Waals surface area contributed by atoms with Crippen molar-refractivity contribution in [2.24, 2.45) is 0 Å². The number of carbonyl (C=O) groups is 2. The van der Waals surface area contributed by atoms with Crippen molar-refractivity contribution in [3.05, 3.63) is 75.7 Å². The number of H-pyrrole nitrogens is 1. The molecule has 1 aromatic heterocycles. The Labute approximate surface area is 205 Å². The monoisotopic (exact) mass is 496 g/mol. The second-order valence-corrected chi connectivity index (χ2v) is 8.81. The van der Waals surface area contributed by atoms with E-state index in [2.05, 4.69) is 16.0 Å². The maximum atomic E-state index is 13.8. The molecule has 2 heterocycles. The van der Waals surface area contributed by atoms with Gasteiger partial charge in [0.05, 0.1) is 11.6 Å². The Morgan fingerprint density at radius 3 is 2.42 bits per heavy atom. The van der Waals surface area contributed by atoms with Gasteiger partial charge in [-0.25, -0.2) is 4.98 Å². The Bertz CT molecular complexity index is 1360. The van der Waals surface area contributed by atoms with Crippen molar-refractivity contribution in [1.29, 1.82) is 5.26 Å². The third-order valence-electron chi connectivity index (χ3n) is 6.19. The van der Waals surface area contributed by atoms with Gasteiger partial charge in [-0.3, -0.25) is 9.59 Å². The number of benzene rings is 2. The molecule has 10 heteroatoms. The van der Waals surface area contributed by atoms with Gasteiger partial charge < -0.3 is 14.6 Å². The van der Waals surface area contributed by atoms with Crippen molar-refractivity contribution in [2.75, 3.05) is 13.1 Å². The van der Waals surface area contributed by atoms with Crippen LogP contribution in [-0.2, 0) is 22.3 Å². The third kappa shape index (κ3) is 4.96. The molecule has 1 aliphatic rings. The fourth-order valence-electron chi connectivity index (χ4n) is 4.25. The summed E-state index contributed by atoms with van der Waals surface area (Å²) in [7, 11) is 0. The first-order valence-corrected chi connectivity index (χ1v) is 11.2. The molecule has 0 saturated carbocycles. The van der Waals surface area contributed by atoms with Crippen LogP contribution in [0.1, 0.15) is 57.0 Å². The van der Waals surface area contributed by atoms with E-state index < -0.39 is 24.4 Å². The lowest BCUT2D eigenvalue weighted by molar-refractivity contribution is -0.142. The van der Waals surface area contributed by atoms with E-state index in [0.717, 1.165) is 12.5 Å². The number of hydrogen-bond donors (Lipinski definition) is 1. The molecule has 1 saturated heterocycles. The number of aromatic amines is 1. The van der Waals surface area contributed by atoms with Gasteiger partial charge in [0.1, 0.15) is 23.8 Å². The highest BCUT2D eigenvalue weighted by Gasteiger charge is 2.38. The molecule has 1 N–H and O–H groups in total. The average molecular weight is 496 g/mol. The highest BCUT2D eigenvalue weighted by Crippen LogP contribution is 2.38. The van der Waals surface area contributed by atoms with E-state index in [1.807, 2.05) is 12.1 Å². The van der Waals surface area contributed by atoms with Crippen LogP contribution in [0.15, 0.2) is 36.4 Å². The van der Waals surface area contributed by atoms with Crippen molar-refractivity contribution in [2.45, 2.75) is 39.5 Å². The lowest BCUT2D eigenvalue weighted by Crippen LogP contribution is -2.48. The van der Waals surface area contributed by atoms with Gasteiger partial charge in [-0.1, -0.05) is 18.2 Å². The van der Waals surface area contributed by atoms with Gasteiger partial charge in [0.25, 0.3) is 5.91 Å². The molecular formula is C26H23F3N4O3. The zero-order valence-electron chi connectivity index (χ0n) is 19.9. The zero-order chi connectivity index (χ0) is 26.2. The number of hydrogen-bond acceptors (Lipinski definition) is 5. The minimum atomic E-state index is -4.73. The summed E-state index contributed by atoms with van der Waals surface area (Å²) in [6.07, 6.45) is -4.73. The number of carbonyl (C=O) groups excluding carboxylic acids is 2. The van der Waals surface area contributed by atoms with Crippen LogP contribution < -0.4 is 0 Å². The van der Waals surface area contributed by atoms with Gasteiger partial charge in [-0.15, -0.1) is 0 Å². The number of aromatic nitrogens is 2. The molecule has 36 heavy (non-hydrogen) atoms. The molecule has 1 amide bonds. The highest BCUT2D eigenvalue weighted by atomic mass is 19.4. The molecule has 0 atom stereocenters. The summed E-state index contributed by atoms with van der Waals surface area (Å²) >= 11 is 0. The lowest BCUT2D eigenvalue weighted by atomic mass is 9.89. The number of nitriles is 1. The van der Waals surface area contributed by atoms with Crippen molar-refractivity contribution in [3.8, 4) is 17.3 Å². The predicted molar refractivity (Wildman–Crippen MR) is 124 cm³/mol. The quantitative estimate of drug-likeness (QED) is 0.508. The van der Waals surface area contributed by atoms with Crippen molar-refractivity contribution < 1.29 is 27.5 Å². The van der Waals surface area contributed by atoms with Crippen LogP contribution in [0.5, 0.6) is 0 Å². The first-order valence-electron chi connectivity index (χ1n) is 11.2. The van der Waals surface area contributed by atoms with E-state index in [9.17, 15) is 22.8 Å². The smallest absolute Gasteiger partial charge is 0.433 e. The van der Waals surface area contributed by atoms with E-state index in [0.29, 0.717) is 35.3 Å². The van der Waals surface area contributed by atoms with Crippen LogP contribution in [0.4, 0.5) is 13.2 Å². The number of rotatable bonds is 5. The molecule has 3 aromatic rings. The van der Waals surface area contributed by atoms with Gasteiger partial charge in [0.2, 0.25) is 0 Å². The first-order chi connectivity index (χ1) is 17.0. The maximum Gasteiger partial charge on any atom is 0.433 e. The van der Waals surface area contributed by atoms with Crippen LogP contribution in [0, 0.1) is 25.2 Å². The Kier molecular flexibility index (Phi) is 6.59. The molecule has 1 aliphatic heterocycles. The number of ether oxygens (including phenoxy) is 1. The highest BCUT2D eigenvalue weighted by molar-refractivity contribution is 5.98. The number of imidazole rings is 1. The molecule has 4 rings (SSSR count). The second-order valence-electron chi connectivity index (χ2n) is 8.81. The molecule has 0 bridgehead atoms. The van der Waals surface area contributed by atoms with E-state index in [4.69, 9.17) is 10.00 Å². The average Bonchev–Trinajstić information content (AvgIpc) is 3.22. The van der Waals surface area contributed by atoms with E-state index in [1.165, 1.54) is 6.07 Å². The van der Waals surface area contributed by atoms with Gasteiger partial charge >= 0.3 is 12.1 Å². The number of amides is 1. The van der Waals surface area contributed by atoms with Crippen LogP contribution in [-0.4, -0.2) is 39.8 Å². The number of nitrogens with one attached hydrogen (secondary N) is 1. The minimum Gasteiger partial charge on any atom is -0.458 e. The van der Waals surface area contributed by atoms with E-state index in [1.54, 1.807) is 36.9 Å². The summed E-state index contributed by atoms with van der Waals surface area (Å²) in [4.78, 5) is 32.3. The van der Waals surface area contributed by atoms with Crippen molar-refractivity contribution in [1.82, 2.24) is 14.9 Å². The Morgan fingerprint density at radius 2 is 1.83 bits per heavy atom. The van der Waals surface area contributed by atoms with Crippen LogP contribution in [0.3, 0.4) is 0 Å². The van der Waals surface area contributed by atoms with Crippen LogP contribution in [0.2, 0.25) is 0 Å². The van der Waals surface area contributed by atoms with Crippen LogP contribution >= 0.6 is 0 Å². The topological polar surface area (TPSA) is 99.1 Å². The molecule has 1 fully saturated rings.